The Kier molecular flexibility index (Phi) is 17.5. The van der Waals surface area contributed by atoms with Gasteiger partial charge in [-0.3, -0.25) is 0 Å². The molecule has 232 valence electrons. The van der Waals surface area contributed by atoms with Gasteiger partial charge in [-0.25, -0.2) is 0 Å². The minimum Gasteiger partial charge on any atom is -0.394 e. The van der Waals surface area contributed by atoms with E-state index in [1.807, 2.05) is 0 Å². The van der Waals surface area contributed by atoms with Crippen molar-refractivity contribution in [1.82, 2.24) is 0 Å². The summed E-state index contributed by atoms with van der Waals surface area (Å²) in [5.74, 6) is 0. The summed E-state index contributed by atoms with van der Waals surface area (Å²) in [4.78, 5) is 0. The lowest BCUT2D eigenvalue weighted by Gasteiger charge is -2.45. The van der Waals surface area contributed by atoms with Crippen molar-refractivity contribution in [2.75, 3.05) is 19.8 Å². The van der Waals surface area contributed by atoms with Crippen molar-refractivity contribution in [3.8, 4) is 0 Å². The molecule has 0 radical (unpaired) electrons. The summed E-state index contributed by atoms with van der Waals surface area (Å²) in [7, 11) is 0. The van der Waals surface area contributed by atoms with Crippen LogP contribution in [0.25, 0.3) is 0 Å². The maximum atomic E-state index is 10.6. The average Bonchev–Trinajstić information content (AvgIpc) is 2.94. The molecule has 2 aliphatic rings. The van der Waals surface area contributed by atoms with E-state index >= 15 is 0 Å². The lowest BCUT2D eigenvalue weighted by Crippen LogP contribution is -2.64. The number of aliphatic hydroxyl groups excluding tert-OH is 7. The Morgan fingerprint density at radius 2 is 0.974 bits per heavy atom. The molecule has 0 aromatic rings. The summed E-state index contributed by atoms with van der Waals surface area (Å²) in [5, 5.41) is 70.4. The fourth-order valence-corrected chi connectivity index (χ4v) is 5.19. The predicted molar refractivity (Wildman–Crippen MR) is 143 cm³/mol. The molecule has 0 amide bonds. The molecule has 2 heterocycles. The largest absolute Gasteiger partial charge is 0.394 e. The maximum absolute atomic E-state index is 10.6. The Hall–Kier alpha value is -0.440. The van der Waals surface area contributed by atoms with Crippen LogP contribution in [0.3, 0.4) is 0 Å². The number of hydrogen-bond acceptors (Lipinski definition) is 11. The third kappa shape index (κ3) is 11.4. The summed E-state index contributed by atoms with van der Waals surface area (Å²) in [6, 6.07) is 0. The van der Waals surface area contributed by atoms with Gasteiger partial charge in [0, 0.05) is 6.61 Å². The van der Waals surface area contributed by atoms with Crippen LogP contribution in [0.15, 0.2) is 0 Å². The topological polar surface area (TPSA) is 179 Å². The van der Waals surface area contributed by atoms with Crippen molar-refractivity contribution >= 4 is 0 Å². The van der Waals surface area contributed by atoms with Gasteiger partial charge in [-0.1, -0.05) is 90.4 Å². The van der Waals surface area contributed by atoms with Crippen LogP contribution >= 0.6 is 0 Å². The first-order valence-electron chi connectivity index (χ1n) is 15.1. The van der Waals surface area contributed by atoms with Crippen LogP contribution in [0, 0.1) is 0 Å². The molecule has 10 atom stereocenters. The van der Waals surface area contributed by atoms with Gasteiger partial charge >= 0.3 is 0 Å². The molecular formula is C28H54O11. The van der Waals surface area contributed by atoms with Gasteiger partial charge in [-0.2, -0.15) is 0 Å². The Morgan fingerprint density at radius 3 is 1.49 bits per heavy atom. The van der Waals surface area contributed by atoms with E-state index in [9.17, 15) is 35.7 Å². The van der Waals surface area contributed by atoms with E-state index < -0.39 is 74.6 Å². The third-order valence-electron chi connectivity index (χ3n) is 7.74. The molecule has 0 bridgehead atoms. The zero-order valence-corrected chi connectivity index (χ0v) is 23.6. The molecule has 39 heavy (non-hydrogen) atoms. The number of aliphatic hydroxyl groups is 7. The van der Waals surface area contributed by atoms with Gasteiger partial charge < -0.3 is 54.7 Å². The SMILES string of the molecule is CCCCCCCCCCCCCCCCO[C@@H]1O[C@H](CO)[C@H](O[C@@H]2O[C@H](CO)[C@H](O)[C@H](O)[C@@H]2O)[C@@H](O)[C@H]1O. The fraction of sp³-hybridized carbons (Fsp3) is 1.00. The number of ether oxygens (including phenoxy) is 4. The monoisotopic (exact) mass is 566 g/mol. The van der Waals surface area contributed by atoms with Crippen LogP contribution in [0.4, 0.5) is 0 Å². The second kappa shape index (κ2) is 19.6. The molecule has 11 heteroatoms. The van der Waals surface area contributed by atoms with Crippen molar-refractivity contribution in [3.63, 3.8) is 0 Å². The Morgan fingerprint density at radius 1 is 0.513 bits per heavy atom. The van der Waals surface area contributed by atoms with Gasteiger partial charge in [0.25, 0.3) is 0 Å². The van der Waals surface area contributed by atoms with Crippen LogP contribution in [0.2, 0.25) is 0 Å². The molecule has 0 aromatic carbocycles. The van der Waals surface area contributed by atoms with Gasteiger partial charge in [-0.15, -0.1) is 0 Å². The first kappa shape index (κ1) is 34.8. The summed E-state index contributed by atoms with van der Waals surface area (Å²) in [6.07, 6.45) is 2.97. The van der Waals surface area contributed by atoms with Crippen LogP contribution < -0.4 is 0 Å². The number of unbranched alkanes of at least 4 members (excludes halogenated alkanes) is 13. The lowest BCUT2D eigenvalue weighted by atomic mass is 9.97. The molecule has 0 unspecified atom stereocenters. The number of hydrogen-bond donors (Lipinski definition) is 7. The van der Waals surface area contributed by atoms with E-state index in [-0.39, 0.29) is 0 Å². The summed E-state index contributed by atoms with van der Waals surface area (Å²) >= 11 is 0. The van der Waals surface area contributed by atoms with Crippen molar-refractivity contribution in [2.45, 2.75) is 158 Å². The summed E-state index contributed by atoms with van der Waals surface area (Å²) in [6.45, 7) is 1.34. The Bertz CT molecular complexity index is 608. The van der Waals surface area contributed by atoms with Crippen LogP contribution in [0.5, 0.6) is 0 Å². The van der Waals surface area contributed by atoms with Crippen molar-refractivity contribution < 1.29 is 54.7 Å². The molecule has 11 nitrogen and oxygen atoms in total. The van der Waals surface area contributed by atoms with Crippen LogP contribution in [-0.2, 0) is 18.9 Å². The zero-order chi connectivity index (χ0) is 28.6. The molecule has 0 aromatic heterocycles. The van der Waals surface area contributed by atoms with E-state index in [1.54, 1.807) is 0 Å². The third-order valence-corrected chi connectivity index (χ3v) is 7.74. The van der Waals surface area contributed by atoms with E-state index in [4.69, 9.17) is 18.9 Å². The van der Waals surface area contributed by atoms with Crippen LogP contribution in [0.1, 0.15) is 96.8 Å². The molecule has 0 aliphatic carbocycles. The molecule has 2 saturated heterocycles. The highest BCUT2D eigenvalue weighted by Gasteiger charge is 2.50. The molecule has 0 saturated carbocycles. The second-order valence-electron chi connectivity index (χ2n) is 11.0. The molecule has 2 rings (SSSR count). The highest BCUT2D eigenvalue weighted by molar-refractivity contribution is 4.94. The van der Waals surface area contributed by atoms with E-state index in [2.05, 4.69) is 6.92 Å². The smallest absolute Gasteiger partial charge is 0.187 e. The lowest BCUT2D eigenvalue weighted by molar-refractivity contribution is -0.359. The first-order valence-corrected chi connectivity index (χ1v) is 15.1. The van der Waals surface area contributed by atoms with E-state index in [0.717, 1.165) is 19.3 Å². The highest BCUT2D eigenvalue weighted by Crippen LogP contribution is 2.29. The summed E-state index contributed by atoms with van der Waals surface area (Å²) in [5.41, 5.74) is 0. The average molecular weight is 567 g/mol. The Balaban J connectivity index is 1.62. The maximum Gasteiger partial charge on any atom is 0.187 e. The molecule has 7 N–H and O–H groups in total. The van der Waals surface area contributed by atoms with Gasteiger partial charge in [-0.05, 0) is 6.42 Å². The van der Waals surface area contributed by atoms with E-state index in [1.165, 1.54) is 70.6 Å². The molecular weight excluding hydrogens is 512 g/mol. The quantitative estimate of drug-likeness (QED) is 0.105. The predicted octanol–water partition coefficient (Wildman–Crippen LogP) is 1.11. The van der Waals surface area contributed by atoms with Crippen molar-refractivity contribution in [3.05, 3.63) is 0 Å². The zero-order valence-electron chi connectivity index (χ0n) is 23.6. The van der Waals surface area contributed by atoms with Crippen molar-refractivity contribution in [2.24, 2.45) is 0 Å². The van der Waals surface area contributed by atoms with Gasteiger partial charge in [0.1, 0.15) is 48.8 Å². The van der Waals surface area contributed by atoms with Crippen LogP contribution in [-0.4, -0.2) is 117 Å². The van der Waals surface area contributed by atoms with Gasteiger partial charge in [0.2, 0.25) is 0 Å². The first-order chi connectivity index (χ1) is 18.8. The van der Waals surface area contributed by atoms with Crippen molar-refractivity contribution in [1.29, 1.82) is 0 Å². The standard InChI is InChI=1S/C28H54O11/c1-2-3-4-5-6-7-8-9-10-11-12-13-14-15-16-36-27-25(35)23(33)26(20(18-30)38-27)39-28-24(34)22(32)21(31)19(17-29)37-28/h19-35H,2-18H2,1H3/t19-,20-,21+,22+,23+,24+,25-,26+,27-,28+/m1/s1. The van der Waals surface area contributed by atoms with Gasteiger partial charge in [0.05, 0.1) is 13.2 Å². The molecule has 2 aliphatic heterocycles. The van der Waals surface area contributed by atoms with Gasteiger partial charge in [0.15, 0.2) is 12.6 Å². The fourth-order valence-electron chi connectivity index (χ4n) is 5.19. The minimum absolute atomic E-state index is 0.322. The Labute approximate surface area is 233 Å². The minimum atomic E-state index is -1.69. The normalized spacial score (nSPS) is 35.4. The molecule has 0 spiro atoms. The number of rotatable bonds is 20. The highest BCUT2D eigenvalue weighted by atomic mass is 16.7. The second-order valence-corrected chi connectivity index (χ2v) is 11.0. The summed E-state index contributed by atoms with van der Waals surface area (Å²) < 4.78 is 22.1. The van der Waals surface area contributed by atoms with E-state index in [0.29, 0.717) is 6.61 Å². The molecule has 2 fully saturated rings.